The minimum absolute atomic E-state index is 0.668. The monoisotopic (exact) mass is 286 g/mol. The topological polar surface area (TPSA) is 68.2 Å². The summed E-state index contributed by atoms with van der Waals surface area (Å²) in [6.45, 7) is 3.70. The molecule has 2 aromatic rings. The first kappa shape index (κ1) is 14.2. The molecule has 0 aliphatic carbocycles. The number of nitrogens with two attached hydrogens (primary N) is 1. The Labute approximate surface area is 125 Å². The second-order valence-corrected chi connectivity index (χ2v) is 5.70. The molecule has 1 aromatic carbocycles. The van der Waals surface area contributed by atoms with Crippen LogP contribution in [0.2, 0.25) is 0 Å². The van der Waals surface area contributed by atoms with Gasteiger partial charge in [-0.15, -0.1) is 0 Å². The highest BCUT2D eigenvalue weighted by molar-refractivity contribution is 5.53. The van der Waals surface area contributed by atoms with Crippen molar-refractivity contribution in [2.24, 2.45) is 11.7 Å². The quantitative estimate of drug-likeness (QED) is 0.913. The van der Waals surface area contributed by atoms with Crippen molar-refractivity contribution in [1.29, 1.82) is 0 Å². The lowest BCUT2D eigenvalue weighted by Crippen LogP contribution is -2.35. The largest absolute Gasteiger partial charge is 0.338 e. The van der Waals surface area contributed by atoms with Gasteiger partial charge in [0.25, 0.3) is 0 Å². The molecule has 0 radical (unpaired) electrons. The Morgan fingerprint density at radius 1 is 1.29 bits per heavy atom. The number of piperidine rings is 1. The predicted octanol–water partition coefficient (Wildman–Crippen LogP) is 2.30. The van der Waals surface area contributed by atoms with Crippen molar-refractivity contribution in [3.63, 3.8) is 0 Å². The number of nitrogens with zero attached hydrogens (tertiary/aromatic N) is 3. The Morgan fingerprint density at radius 3 is 2.95 bits per heavy atom. The number of benzene rings is 1. The summed E-state index contributed by atoms with van der Waals surface area (Å²) in [6, 6.07) is 9.93. The van der Waals surface area contributed by atoms with Gasteiger partial charge in [-0.3, -0.25) is 4.90 Å². The van der Waals surface area contributed by atoms with Gasteiger partial charge >= 0.3 is 0 Å². The summed E-state index contributed by atoms with van der Waals surface area (Å²) in [7, 11) is 0. The van der Waals surface area contributed by atoms with Crippen molar-refractivity contribution < 1.29 is 4.52 Å². The number of hydrogen-bond acceptors (Lipinski definition) is 5. The number of hydrogen-bond donors (Lipinski definition) is 1. The molecular weight excluding hydrogens is 264 g/mol. The maximum Gasteiger partial charge on any atom is 0.241 e. The fourth-order valence-corrected chi connectivity index (χ4v) is 2.98. The molecule has 5 nitrogen and oxygen atoms in total. The normalized spacial score (nSPS) is 19.8. The van der Waals surface area contributed by atoms with Crippen LogP contribution in [0, 0.1) is 5.92 Å². The summed E-state index contributed by atoms with van der Waals surface area (Å²) in [5, 5.41) is 4.07. The number of likely N-dealkylation sites (tertiary alicyclic amines) is 1. The van der Waals surface area contributed by atoms with E-state index in [0.29, 0.717) is 17.6 Å². The van der Waals surface area contributed by atoms with Crippen LogP contribution < -0.4 is 5.73 Å². The molecule has 112 valence electrons. The third-order valence-electron chi connectivity index (χ3n) is 4.04. The zero-order chi connectivity index (χ0) is 14.5. The second kappa shape index (κ2) is 6.83. The maximum absolute atomic E-state index is 5.67. The first-order valence-electron chi connectivity index (χ1n) is 7.65. The van der Waals surface area contributed by atoms with Gasteiger partial charge in [0, 0.05) is 12.1 Å². The average molecular weight is 286 g/mol. The highest BCUT2D eigenvalue weighted by Crippen LogP contribution is 2.21. The molecule has 1 aliphatic rings. The van der Waals surface area contributed by atoms with Gasteiger partial charge in [-0.1, -0.05) is 35.5 Å². The predicted molar refractivity (Wildman–Crippen MR) is 81.4 cm³/mol. The molecule has 3 rings (SSSR count). The SMILES string of the molecule is NCCC1CCCN(Cc2nc(-c3ccccc3)no2)C1. The van der Waals surface area contributed by atoms with Crippen LogP contribution in [0.3, 0.4) is 0 Å². The van der Waals surface area contributed by atoms with Crippen LogP contribution in [0.25, 0.3) is 11.4 Å². The molecule has 1 atom stereocenters. The van der Waals surface area contributed by atoms with Crippen LogP contribution in [-0.4, -0.2) is 34.7 Å². The van der Waals surface area contributed by atoms with E-state index >= 15 is 0 Å². The first-order valence-corrected chi connectivity index (χ1v) is 7.65. The van der Waals surface area contributed by atoms with Crippen molar-refractivity contribution >= 4 is 0 Å². The van der Waals surface area contributed by atoms with Crippen molar-refractivity contribution in [1.82, 2.24) is 15.0 Å². The summed E-state index contributed by atoms with van der Waals surface area (Å²) < 4.78 is 5.39. The van der Waals surface area contributed by atoms with E-state index in [0.717, 1.165) is 38.2 Å². The highest BCUT2D eigenvalue weighted by Gasteiger charge is 2.21. The zero-order valence-corrected chi connectivity index (χ0v) is 12.2. The first-order chi connectivity index (χ1) is 10.3. The lowest BCUT2D eigenvalue weighted by molar-refractivity contribution is 0.146. The Balaban J connectivity index is 1.62. The minimum atomic E-state index is 0.668. The van der Waals surface area contributed by atoms with E-state index in [1.807, 2.05) is 30.3 Å². The fraction of sp³-hybridized carbons (Fsp3) is 0.500. The molecule has 2 heterocycles. The van der Waals surface area contributed by atoms with Gasteiger partial charge in [-0.2, -0.15) is 4.98 Å². The smallest absolute Gasteiger partial charge is 0.241 e. The van der Waals surface area contributed by atoms with Gasteiger partial charge in [0.1, 0.15) is 0 Å². The van der Waals surface area contributed by atoms with Gasteiger partial charge < -0.3 is 10.3 Å². The van der Waals surface area contributed by atoms with Gasteiger partial charge in [0.15, 0.2) is 0 Å². The molecule has 0 bridgehead atoms. The molecule has 0 spiro atoms. The van der Waals surface area contributed by atoms with Crippen molar-refractivity contribution in [3.05, 3.63) is 36.2 Å². The Kier molecular flexibility index (Phi) is 4.62. The van der Waals surface area contributed by atoms with E-state index in [4.69, 9.17) is 10.3 Å². The van der Waals surface area contributed by atoms with Crippen LogP contribution >= 0.6 is 0 Å². The van der Waals surface area contributed by atoms with Crippen LogP contribution in [0.15, 0.2) is 34.9 Å². The summed E-state index contributed by atoms with van der Waals surface area (Å²) >= 11 is 0. The molecule has 1 unspecified atom stereocenters. The van der Waals surface area contributed by atoms with Gasteiger partial charge in [0.2, 0.25) is 11.7 Å². The standard InChI is InChI=1S/C16H22N4O/c17-9-8-13-5-4-10-20(11-13)12-15-18-16(19-21-15)14-6-2-1-3-7-14/h1-3,6-7,13H,4-5,8-12,17H2. The van der Waals surface area contributed by atoms with Crippen LogP contribution in [0.5, 0.6) is 0 Å². The van der Waals surface area contributed by atoms with Gasteiger partial charge in [-0.05, 0) is 38.3 Å². The lowest BCUT2D eigenvalue weighted by Gasteiger charge is -2.31. The maximum atomic E-state index is 5.67. The van der Waals surface area contributed by atoms with E-state index in [1.165, 1.54) is 12.8 Å². The summed E-state index contributed by atoms with van der Waals surface area (Å²) in [6.07, 6.45) is 3.62. The number of rotatable bonds is 5. The van der Waals surface area contributed by atoms with E-state index in [-0.39, 0.29) is 0 Å². The van der Waals surface area contributed by atoms with Gasteiger partial charge in [0.05, 0.1) is 6.54 Å². The van der Waals surface area contributed by atoms with Crippen molar-refractivity contribution in [2.75, 3.05) is 19.6 Å². The zero-order valence-electron chi connectivity index (χ0n) is 12.2. The summed E-state index contributed by atoms with van der Waals surface area (Å²) in [5.41, 5.74) is 6.66. The van der Waals surface area contributed by atoms with Crippen LogP contribution in [0.4, 0.5) is 0 Å². The van der Waals surface area contributed by atoms with Crippen molar-refractivity contribution in [2.45, 2.75) is 25.8 Å². The second-order valence-electron chi connectivity index (χ2n) is 5.70. The highest BCUT2D eigenvalue weighted by atomic mass is 16.5. The van der Waals surface area contributed by atoms with E-state index in [9.17, 15) is 0 Å². The molecule has 1 aromatic heterocycles. The molecule has 0 saturated carbocycles. The Bertz CT molecular complexity index is 552. The molecule has 2 N–H and O–H groups in total. The molecule has 5 heteroatoms. The molecule has 1 saturated heterocycles. The van der Waals surface area contributed by atoms with Crippen LogP contribution in [-0.2, 0) is 6.54 Å². The lowest BCUT2D eigenvalue weighted by atomic mass is 9.95. The molecule has 1 aliphatic heterocycles. The molecule has 0 amide bonds. The Hall–Kier alpha value is -1.72. The van der Waals surface area contributed by atoms with E-state index < -0.39 is 0 Å². The van der Waals surface area contributed by atoms with Gasteiger partial charge in [-0.25, -0.2) is 0 Å². The molecule has 1 fully saturated rings. The minimum Gasteiger partial charge on any atom is -0.338 e. The Morgan fingerprint density at radius 2 is 2.14 bits per heavy atom. The fourth-order valence-electron chi connectivity index (χ4n) is 2.98. The molecule has 21 heavy (non-hydrogen) atoms. The van der Waals surface area contributed by atoms with E-state index in [2.05, 4.69) is 15.0 Å². The number of aromatic nitrogens is 2. The molecular formula is C16H22N4O. The third kappa shape index (κ3) is 3.68. The third-order valence-corrected chi connectivity index (χ3v) is 4.04. The van der Waals surface area contributed by atoms with Crippen molar-refractivity contribution in [3.8, 4) is 11.4 Å². The average Bonchev–Trinajstić information content (AvgIpc) is 2.97. The van der Waals surface area contributed by atoms with Crippen LogP contribution in [0.1, 0.15) is 25.2 Å². The summed E-state index contributed by atoms with van der Waals surface area (Å²) in [5.74, 6) is 2.07. The van der Waals surface area contributed by atoms with E-state index in [1.54, 1.807) is 0 Å². The summed E-state index contributed by atoms with van der Waals surface area (Å²) in [4.78, 5) is 6.90.